The molecule has 1 aliphatic rings. The van der Waals surface area contributed by atoms with Crippen LogP contribution < -0.4 is 5.32 Å². The van der Waals surface area contributed by atoms with Crippen LogP contribution in [0.5, 0.6) is 0 Å². The molecule has 0 saturated carbocycles. The van der Waals surface area contributed by atoms with Crippen LogP contribution >= 0.6 is 27.7 Å². The van der Waals surface area contributed by atoms with Crippen molar-refractivity contribution >= 4 is 61.8 Å². The molecule has 0 atom stereocenters. The molecule has 0 radical (unpaired) electrons. The average molecular weight is 409 g/mol. The van der Waals surface area contributed by atoms with Gasteiger partial charge < -0.3 is 9.30 Å². The molecule has 124 valence electrons. The number of fused-ring (bicyclic) bond motifs is 1. The highest BCUT2D eigenvalue weighted by Gasteiger charge is 2.25. The molecule has 3 rings (SSSR count). The molecule has 0 unspecified atom stereocenters. The Hall–Kier alpha value is -2.06. The van der Waals surface area contributed by atoms with E-state index in [1.54, 1.807) is 23.8 Å². The zero-order chi connectivity index (χ0) is 17.3. The summed E-state index contributed by atoms with van der Waals surface area (Å²) in [5, 5.41) is 2.71. The fourth-order valence-electron chi connectivity index (χ4n) is 2.45. The molecular weight excluding hydrogens is 396 g/mol. The monoisotopic (exact) mass is 408 g/mol. The number of thioether (sulfide) groups is 1. The maximum Gasteiger partial charge on any atom is 0.325 e. The van der Waals surface area contributed by atoms with E-state index < -0.39 is 5.91 Å². The number of halogens is 1. The fourth-order valence-corrected chi connectivity index (χ4v) is 3.48. The fraction of sp³-hybridized carbons (Fsp3) is 0.188. The van der Waals surface area contributed by atoms with Crippen LogP contribution in [0.3, 0.4) is 0 Å². The lowest BCUT2D eigenvalue weighted by molar-refractivity contribution is -0.143. The molecule has 1 aromatic carbocycles. The van der Waals surface area contributed by atoms with Gasteiger partial charge >= 0.3 is 5.97 Å². The number of carbonyl (C=O) groups is 3. The van der Waals surface area contributed by atoms with Crippen LogP contribution in [0.1, 0.15) is 12.5 Å². The molecule has 2 heterocycles. The van der Waals surface area contributed by atoms with Crippen molar-refractivity contribution in [3.63, 3.8) is 0 Å². The van der Waals surface area contributed by atoms with E-state index in [-0.39, 0.29) is 17.8 Å². The first-order chi connectivity index (χ1) is 11.5. The van der Waals surface area contributed by atoms with Crippen molar-refractivity contribution in [2.75, 3.05) is 6.61 Å². The molecule has 1 fully saturated rings. The maximum atomic E-state index is 11.8. The standard InChI is InChI=1S/C16H13BrN2O4S/c1-2-23-14(20)8-19-7-9(5-13-15(21)18-16(22)24-13)11-6-10(17)3-4-12(11)19/h3-7H,2,8H2,1H3,(H,18,21,22)/b13-5-. The van der Waals surface area contributed by atoms with E-state index in [1.165, 1.54) is 0 Å². The van der Waals surface area contributed by atoms with E-state index in [0.29, 0.717) is 11.5 Å². The molecule has 1 N–H and O–H groups in total. The molecule has 2 amide bonds. The second kappa shape index (κ2) is 6.82. The third-order valence-electron chi connectivity index (χ3n) is 3.41. The van der Waals surface area contributed by atoms with Gasteiger partial charge in [0.25, 0.3) is 11.1 Å². The first-order valence-electron chi connectivity index (χ1n) is 7.17. The SMILES string of the molecule is CCOC(=O)Cn1cc(/C=C2\SC(=O)NC2=O)c2cc(Br)ccc21. The minimum atomic E-state index is -0.411. The number of benzene rings is 1. The van der Waals surface area contributed by atoms with Crippen molar-refractivity contribution in [2.45, 2.75) is 13.5 Å². The van der Waals surface area contributed by atoms with Gasteiger partial charge in [-0.1, -0.05) is 15.9 Å². The quantitative estimate of drug-likeness (QED) is 0.620. The summed E-state index contributed by atoms with van der Waals surface area (Å²) in [4.78, 5) is 35.2. The predicted molar refractivity (Wildman–Crippen MR) is 95.4 cm³/mol. The van der Waals surface area contributed by atoms with Crippen LogP contribution in [-0.2, 0) is 20.9 Å². The van der Waals surface area contributed by atoms with Gasteiger partial charge in [-0.2, -0.15) is 0 Å². The lowest BCUT2D eigenvalue weighted by atomic mass is 10.1. The first kappa shape index (κ1) is 16.8. The zero-order valence-corrected chi connectivity index (χ0v) is 15.1. The Kier molecular flexibility index (Phi) is 4.77. The summed E-state index contributed by atoms with van der Waals surface area (Å²) in [5.41, 5.74) is 1.59. The summed E-state index contributed by atoms with van der Waals surface area (Å²) < 4.78 is 7.64. The summed E-state index contributed by atoms with van der Waals surface area (Å²) >= 11 is 4.29. The van der Waals surface area contributed by atoms with Gasteiger partial charge in [-0.3, -0.25) is 19.7 Å². The number of ether oxygens (including phenoxy) is 1. The second-order valence-corrected chi connectivity index (χ2v) is 6.96. The van der Waals surface area contributed by atoms with Crippen LogP contribution in [0.2, 0.25) is 0 Å². The molecule has 6 nitrogen and oxygen atoms in total. The Morgan fingerprint density at radius 3 is 2.88 bits per heavy atom. The summed E-state index contributed by atoms with van der Waals surface area (Å²) in [6, 6.07) is 5.66. The number of amides is 2. The van der Waals surface area contributed by atoms with E-state index in [9.17, 15) is 14.4 Å². The van der Waals surface area contributed by atoms with Gasteiger partial charge in [-0.15, -0.1) is 0 Å². The van der Waals surface area contributed by atoms with Crippen LogP contribution in [-0.4, -0.2) is 28.3 Å². The Morgan fingerprint density at radius 1 is 1.42 bits per heavy atom. The van der Waals surface area contributed by atoms with E-state index in [4.69, 9.17) is 4.74 Å². The Balaban J connectivity index is 2.06. The zero-order valence-electron chi connectivity index (χ0n) is 12.7. The van der Waals surface area contributed by atoms with E-state index in [1.807, 2.05) is 18.2 Å². The third kappa shape index (κ3) is 3.39. The highest BCUT2D eigenvalue weighted by molar-refractivity contribution is 9.10. The molecular formula is C16H13BrN2O4S. The number of hydrogen-bond acceptors (Lipinski definition) is 5. The minimum Gasteiger partial charge on any atom is -0.465 e. The van der Waals surface area contributed by atoms with Crippen molar-refractivity contribution in [1.82, 2.24) is 9.88 Å². The predicted octanol–water partition coefficient (Wildman–Crippen LogP) is 3.29. The highest BCUT2D eigenvalue weighted by atomic mass is 79.9. The molecule has 1 aliphatic heterocycles. The van der Waals surface area contributed by atoms with E-state index >= 15 is 0 Å². The van der Waals surface area contributed by atoms with Gasteiger partial charge in [-0.05, 0) is 43.0 Å². The number of carbonyl (C=O) groups excluding carboxylic acids is 3. The Labute approximate surface area is 150 Å². The number of nitrogens with one attached hydrogen (secondary N) is 1. The number of imide groups is 1. The summed E-state index contributed by atoms with van der Waals surface area (Å²) in [6.07, 6.45) is 3.43. The summed E-state index contributed by atoms with van der Waals surface area (Å²) in [7, 11) is 0. The molecule has 1 aromatic heterocycles. The molecule has 2 aromatic rings. The van der Waals surface area contributed by atoms with Gasteiger partial charge in [-0.25, -0.2) is 0 Å². The number of nitrogens with zero attached hydrogens (tertiary/aromatic N) is 1. The van der Waals surface area contributed by atoms with Crippen molar-refractivity contribution < 1.29 is 19.1 Å². The second-order valence-electron chi connectivity index (χ2n) is 5.03. The van der Waals surface area contributed by atoms with Gasteiger partial charge in [0.1, 0.15) is 6.54 Å². The molecule has 0 aliphatic carbocycles. The third-order valence-corrected chi connectivity index (χ3v) is 4.71. The molecule has 1 saturated heterocycles. The van der Waals surface area contributed by atoms with E-state index in [2.05, 4.69) is 21.2 Å². The average Bonchev–Trinajstić information content (AvgIpc) is 3.00. The van der Waals surface area contributed by atoms with Crippen LogP contribution in [0.25, 0.3) is 17.0 Å². The molecule has 0 bridgehead atoms. The number of aromatic nitrogens is 1. The van der Waals surface area contributed by atoms with Crippen LogP contribution in [0.15, 0.2) is 33.8 Å². The Bertz CT molecular complexity index is 888. The lowest BCUT2D eigenvalue weighted by Gasteiger charge is -2.04. The van der Waals surface area contributed by atoms with Crippen molar-refractivity contribution in [3.05, 3.63) is 39.3 Å². The first-order valence-corrected chi connectivity index (χ1v) is 8.77. The van der Waals surface area contributed by atoms with Gasteiger partial charge in [0.15, 0.2) is 0 Å². The number of esters is 1. The maximum absolute atomic E-state index is 11.8. The topological polar surface area (TPSA) is 77.4 Å². The molecule has 24 heavy (non-hydrogen) atoms. The van der Waals surface area contributed by atoms with Crippen molar-refractivity contribution in [2.24, 2.45) is 0 Å². The van der Waals surface area contributed by atoms with Crippen molar-refractivity contribution in [3.8, 4) is 0 Å². The molecule has 0 spiro atoms. The van der Waals surface area contributed by atoms with Gasteiger partial charge in [0.05, 0.1) is 11.5 Å². The lowest BCUT2D eigenvalue weighted by Crippen LogP contribution is -2.17. The molecule has 8 heteroatoms. The van der Waals surface area contributed by atoms with Crippen molar-refractivity contribution in [1.29, 1.82) is 0 Å². The smallest absolute Gasteiger partial charge is 0.325 e. The minimum absolute atomic E-state index is 0.0768. The number of rotatable bonds is 4. The Morgan fingerprint density at radius 2 is 2.21 bits per heavy atom. The van der Waals surface area contributed by atoms with E-state index in [0.717, 1.165) is 32.7 Å². The van der Waals surface area contributed by atoms with Crippen LogP contribution in [0.4, 0.5) is 4.79 Å². The number of hydrogen-bond donors (Lipinski definition) is 1. The van der Waals surface area contributed by atoms with Gasteiger partial charge in [0.2, 0.25) is 0 Å². The largest absolute Gasteiger partial charge is 0.465 e. The summed E-state index contributed by atoms with van der Waals surface area (Å²) in [6.45, 7) is 2.15. The van der Waals surface area contributed by atoms with Crippen LogP contribution in [0, 0.1) is 0 Å². The van der Waals surface area contributed by atoms with Gasteiger partial charge in [0, 0.05) is 27.1 Å². The summed E-state index contributed by atoms with van der Waals surface area (Å²) in [5.74, 6) is -0.744. The highest BCUT2D eigenvalue weighted by Crippen LogP contribution is 2.31. The normalized spacial score (nSPS) is 16.0.